The van der Waals surface area contributed by atoms with Crippen molar-refractivity contribution < 1.29 is 13.9 Å². The molecule has 0 saturated carbocycles. The van der Waals surface area contributed by atoms with Crippen LogP contribution in [0.3, 0.4) is 0 Å². The fourth-order valence-electron chi connectivity index (χ4n) is 2.00. The standard InChI is InChI=1S/C13H15ClFNO2/c14-13-9(2-1-3-12(13)15)6-11(17)7-10-8-18-5-4-16-10/h1-3,10,16H,4-8H2. The van der Waals surface area contributed by atoms with Crippen molar-refractivity contribution >= 4 is 17.4 Å². The first-order valence-electron chi connectivity index (χ1n) is 5.92. The summed E-state index contributed by atoms with van der Waals surface area (Å²) in [7, 11) is 0. The molecule has 1 N–H and O–H groups in total. The molecule has 98 valence electrons. The largest absolute Gasteiger partial charge is 0.379 e. The van der Waals surface area contributed by atoms with E-state index in [-0.39, 0.29) is 23.3 Å². The second kappa shape index (κ2) is 6.27. The summed E-state index contributed by atoms with van der Waals surface area (Å²) < 4.78 is 18.5. The van der Waals surface area contributed by atoms with E-state index in [1.807, 2.05) is 0 Å². The normalized spacial score (nSPS) is 19.8. The van der Waals surface area contributed by atoms with Crippen molar-refractivity contribution in [2.75, 3.05) is 19.8 Å². The number of nitrogens with one attached hydrogen (secondary N) is 1. The Hall–Kier alpha value is -0.970. The molecule has 1 aromatic carbocycles. The van der Waals surface area contributed by atoms with E-state index in [1.165, 1.54) is 6.07 Å². The van der Waals surface area contributed by atoms with Crippen LogP contribution in [0.15, 0.2) is 18.2 Å². The summed E-state index contributed by atoms with van der Waals surface area (Å²) in [5.74, 6) is -0.452. The van der Waals surface area contributed by atoms with Gasteiger partial charge in [0.1, 0.15) is 11.6 Å². The molecule has 1 saturated heterocycles. The monoisotopic (exact) mass is 271 g/mol. The van der Waals surface area contributed by atoms with Crippen molar-refractivity contribution in [2.24, 2.45) is 0 Å². The molecule has 0 spiro atoms. The third-order valence-corrected chi connectivity index (χ3v) is 3.31. The lowest BCUT2D eigenvalue weighted by Crippen LogP contribution is -2.42. The number of ketones is 1. The van der Waals surface area contributed by atoms with Crippen molar-refractivity contribution in [1.82, 2.24) is 5.32 Å². The van der Waals surface area contributed by atoms with Gasteiger partial charge >= 0.3 is 0 Å². The number of morpholine rings is 1. The van der Waals surface area contributed by atoms with Crippen LogP contribution in [0.5, 0.6) is 0 Å². The molecule has 2 rings (SSSR count). The van der Waals surface area contributed by atoms with Crippen LogP contribution in [0.25, 0.3) is 0 Å². The van der Waals surface area contributed by atoms with Gasteiger partial charge in [-0.25, -0.2) is 4.39 Å². The molecule has 3 nitrogen and oxygen atoms in total. The van der Waals surface area contributed by atoms with Gasteiger partial charge in [-0.2, -0.15) is 0 Å². The van der Waals surface area contributed by atoms with Gasteiger partial charge in [-0.3, -0.25) is 4.79 Å². The van der Waals surface area contributed by atoms with Gasteiger partial charge in [0.25, 0.3) is 0 Å². The quantitative estimate of drug-likeness (QED) is 0.910. The van der Waals surface area contributed by atoms with Crippen LogP contribution in [-0.2, 0) is 16.0 Å². The molecule has 0 bridgehead atoms. The van der Waals surface area contributed by atoms with Crippen molar-refractivity contribution in [3.05, 3.63) is 34.6 Å². The summed E-state index contributed by atoms with van der Waals surface area (Å²) in [4.78, 5) is 11.9. The Morgan fingerprint density at radius 3 is 3.11 bits per heavy atom. The van der Waals surface area contributed by atoms with E-state index < -0.39 is 5.82 Å². The number of Topliss-reactive ketones (excluding diaryl/α,β-unsaturated/α-hetero) is 1. The third kappa shape index (κ3) is 3.51. The number of benzene rings is 1. The summed E-state index contributed by atoms with van der Waals surface area (Å²) in [6.45, 7) is 1.99. The average Bonchev–Trinajstić information content (AvgIpc) is 2.36. The molecule has 1 unspecified atom stereocenters. The van der Waals surface area contributed by atoms with Crippen molar-refractivity contribution in [2.45, 2.75) is 18.9 Å². The van der Waals surface area contributed by atoms with E-state index in [1.54, 1.807) is 12.1 Å². The highest BCUT2D eigenvalue weighted by atomic mass is 35.5. The number of ether oxygens (including phenoxy) is 1. The fourth-order valence-corrected chi connectivity index (χ4v) is 2.19. The van der Waals surface area contributed by atoms with Gasteiger partial charge in [0, 0.05) is 25.4 Å². The maximum atomic E-state index is 13.2. The second-order valence-electron chi connectivity index (χ2n) is 4.36. The van der Waals surface area contributed by atoms with Crippen LogP contribution >= 0.6 is 11.6 Å². The lowest BCUT2D eigenvalue weighted by molar-refractivity contribution is -0.119. The fraction of sp³-hybridized carbons (Fsp3) is 0.462. The Kier molecular flexibility index (Phi) is 4.69. The second-order valence-corrected chi connectivity index (χ2v) is 4.74. The van der Waals surface area contributed by atoms with Crippen LogP contribution in [0.4, 0.5) is 4.39 Å². The van der Waals surface area contributed by atoms with Gasteiger partial charge in [-0.05, 0) is 11.6 Å². The van der Waals surface area contributed by atoms with Gasteiger partial charge in [-0.15, -0.1) is 0 Å². The molecule has 0 aromatic heterocycles. The molecule has 5 heteroatoms. The van der Waals surface area contributed by atoms with Gasteiger partial charge in [0.2, 0.25) is 0 Å². The number of carbonyl (C=O) groups is 1. The number of halogens is 2. The van der Waals surface area contributed by atoms with Gasteiger partial charge in [-0.1, -0.05) is 23.7 Å². The van der Waals surface area contributed by atoms with Crippen LogP contribution in [0.2, 0.25) is 5.02 Å². The highest BCUT2D eigenvalue weighted by Gasteiger charge is 2.18. The minimum atomic E-state index is -0.485. The summed E-state index contributed by atoms with van der Waals surface area (Å²) >= 11 is 5.81. The van der Waals surface area contributed by atoms with E-state index in [9.17, 15) is 9.18 Å². The molecular formula is C13H15ClFNO2. The van der Waals surface area contributed by atoms with Gasteiger partial charge < -0.3 is 10.1 Å². The molecule has 0 radical (unpaired) electrons. The topological polar surface area (TPSA) is 38.3 Å². The maximum absolute atomic E-state index is 13.2. The molecule has 1 fully saturated rings. The lowest BCUT2D eigenvalue weighted by Gasteiger charge is -2.23. The van der Waals surface area contributed by atoms with E-state index in [4.69, 9.17) is 16.3 Å². The van der Waals surface area contributed by atoms with E-state index in [0.717, 1.165) is 6.54 Å². The molecule has 1 atom stereocenters. The molecule has 1 aliphatic rings. The predicted molar refractivity (Wildman–Crippen MR) is 67.3 cm³/mol. The van der Waals surface area contributed by atoms with Gasteiger partial charge in [0.15, 0.2) is 0 Å². The summed E-state index contributed by atoms with van der Waals surface area (Å²) in [5.41, 5.74) is 0.540. The van der Waals surface area contributed by atoms with Crippen molar-refractivity contribution in [1.29, 1.82) is 0 Å². The lowest BCUT2D eigenvalue weighted by atomic mass is 10.0. The molecule has 18 heavy (non-hydrogen) atoms. The highest BCUT2D eigenvalue weighted by molar-refractivity contribution is 6.31. The van der Waals surface area contributed by atoms with E-state index in [0.29, 0.717) is 25.2 Å². The Bertz CT molecular complexity index is 433. The Balaban J connectivity index is 1.92. The van der Waals surface area contributed by atoms with Crippen molar-refractivity contribution in [3.8, 4) is 0 Å². The number of hydrogen-bond acceptors (Lipinski definition) is 3. The summed E-state index contributed by atoms with van der Waals surface area (Å²) in [6.07, 6.45) is 0.543. The first-order valence-corrected chi connectivity index (χ1v) is 6.30. The first-order chi connectivity index (χ1) is 8.66. The zero-order valence-corrected chi connectivity index (χ0v) is 10.7. The number of carbonyl (C=O) groups excluding carboxylic acids is 1. The molecule has 1 heterocycles. The zero-order chi connectivity index (χ0) is 13.0. The minimum absolute atomic E-state index is 0.0329. The Morgan fingerprint density at radius 2 is 2.39 bits per heavy atom. The minimum Gasteiger partial charge on any atom is -0.379 e. The van der Waals surface area contributed by atoms with E-state index >= 15 is 0 Å². The SMILES string of the molecule is O=C(Cc1cccc(F)c1Cl)CC1COCCN1. The third-order valence-electron chi connectivity index (χ3n) is 2.89. The average molecular weight is 272 g/mol. The molecule has 1 aliphatic heterocycles. The number of hydrogen-bond donors (Lipinski definition) is 1. The predicted octanol–water partition coefficient (Wildman–Crippen LogP) is 1.97. The van der Waals surface area contributed by atoms with Crippen LogP contribution in [-0.4, -0.2) is 31.6 Å². The van der Waals surface area contributed by atoms with Crippen molar-refractivity contribution in [3.63, 3.8) is 0 Å². The zero-order valence-electron chi connectivity index (χ0n) is 9.92. The number of rotatable bonds is 4. The smallest absolute Gasteiger partial charge is 0.142 e. The maximum Gasteiger partial charge on any atom is 0.142 e. The molecule has 0 aliphatic carbocycles. The summed E-state index contributed by atoms with van der Waals surface area (Å²) in [6, 6.07) is 4.57. The molecule has 0 amide bonds. The Morgan fingerprint density at radius 1 is 1.56 bits per heavy atom. The van der Waals surface area contributed by atoms with Crippen LogP contribution in [0, 0.1) is 5.82 Å². The van der Waals surface area contributed by atoms with E-state index in [2.05, 4.69) is 5.32 Å². The highest BCUT2D eigenvalue weighted by Crippen LogP contribution is 2.20. The molecule has 1 aromatic rings. The first kappa shape index (κ1) is 13.5. The molecular weight excluding hydrogens is 257 g/mol. The van der Waals surface area contributed by atoms with Crippen LogP contribution in [0.1, 0.15) is 12.0 Å². The summed E-state index contributed by atoms with van der Waals surface area (Å²) in [5, 5.41) is 3.25. The Labute approximate surface area is 110 Å². The van der Waals surface area contributed by atoms with Gasteiger partial charge in [0.05, 0.1) is 18.2 Å². The van der Waals surface area contributed by atoms with Crippen LogP contribution < -0.4 is 5.32 Å².